The normalized spacial score (nSPS) is 19.3. The Labute approximate surface area is 112 Å². The fourth-order valence-electron chi connectivity index (χ4n) is 2.42. The van der Waals surface area contributed by atoms with Crippen LogP contribution in [0, 0.1) is 0 Å². The van der Waals surface area contributed by atoms with Crippen molar-refractivity contribution in [1.29, 1.82) is 0 Å². The van der Waals surface area contributed by atoms with E-state index in [9.17, 15) is 0 Å². The van der Waals surface area contributed by atoms with Crippen LogP contribution in [-0.4, -0.2) is 18.3 Å². The van der Waals surface area contributed by atoms with E-state index >= 15 is 0 Å². The average Bonchev–Trinajstić information content (AvgIpc) is 2.70. The van der Waals surface area contributed by atoms with E-state index in [1.165, 1.54) is 29.7 Å². The quantitative estimate of drug-likeness (QED) is 0.777. The molecule has 1 heterocycles. The maximum absolute atomic E-state index is 8.71. The molecule has 1 aromatic heterocycles. The molecule has 0 aromatic carbocycles. The summed E-state index contributed by atoms with van der Waals surface area (Å²) in [5.74, 6) is 0. The first kappa shape index (κ1) is 13.3. The molecule has 96 valence electrons. The minimum absolute atomic E-state index is 0.313. The Kier molecular flexibility index (Phi) is 5.29. The molecule has 0 spiro atoms. The molecule has 0 saturated carbocycles. The minimum Gasteiger partial charge on any atom is -0.396 e. The lowest BCUT2D eigenvalue weighted by Gasteiger charge is -2.23. The van der Waals surface area contributed by atoms with Gasteiger partial charge in [0.05, 0.1) is 4.34 Å². The number of aliphatic hydroxyl groups is 1. The summed E-state index contributed by atoms with van der Waals surface area (Å²) in [6, 6.07) is 2.63. The van der Waals surface area contributed by atoms with Gasteiger partial charge in [-0.15, -0.1) is 11.3 Å². The standard InChI is InChI=1S/C13H20ClNOS/c14-13-9-10-11(5-4-6-12(10)17-13)15-7-2-1-3-8-16/h9,11,15-16H,1-8H2. The van der Waals surface area contributed by atoms with Crippen molar-refractivity contribution in [2.24, 2.45) is 0 Å². The lowest BCUT2D eigenvalue weighted by Crippen LogP contribution is -2.25. The van der Waals surface area contributed by atoms with Crippen molar-refractivity contribution >= 4 is 22.9 Å². The molecule has 1 atom stereocenters. The minimum atomic E-state index is 0.313. The van der Waals surface area contributed by atoms with E-state index < -0.39 is 0 Å². The van der Waals surface area contributed by atoms with Gasteiger partial charge in [0.1, 0.15) is 0 Å². The summed E-state index contributed by atoms with van der Waals surface area (Å²) >= 11 is 7.82. The van der Waals surface area contributed by atoms with Crippen molar-refractivity contribution < 1.29 is 5.11 Å². The Bertz CT molecular complexity index is 353. The Hall–Kier alpha value is -0.0900. The SMILES string of the molecule is OCCCCCNC1CCCc2sc(Cl)cc21. The zero-order chi connectivity index (χ0) is 12.1. The first-order valence-electron chi connectivity index (χ1n) is 6.43. The molecule has 0 bridgehead atoms. The van der Waals surface area contributed by atoms with E-state index in [1.807, 2.05) is 0 Å². The van der Waals surface area contributed by atoms with Gasteiger partial charge in [0, 0.05) is 17.5 Å². The van der Waals surface area contributed by atoms with Crippen LogP contribution in [0.3, 0.4) is 0 Å². The Balaban J connectivity index is 1.82. The molecule has 1 aromatic rings. The van der Waals surface area contributed by atoms with Crippen LogP contribution >= 0.6 is 22.9 Å². The molecular weight excluding hydrogens is 254 g/mol. The maximum Gasteiger partial charge on any atom is 0.0934 e. The van der Waals surface area contributed by atoms with Crippen molar-refractivity contribution in [3.8, 4) is 0 Å². The second kappa shape index (κ2) is 6.74. The number of unbranched alkanes of at least 4 members (excludes halogenated alkanes) is 2. The van der Waals surface area contributed by atoms with Gasteiger partial charge in [-0.25, -0.2) is 0 Å². The summed E-state index contributed by atoms with van der Waals surface area (Å²) < 4.78 is 0.920. The Morgan fingerprint density at radius 1 is 1.41 bits per heavy atom. The van der Waals surface area contributed by atoms with Crippen LogP contribution in [-0.2, 0) is 6.42 Å². The van der Waals surface area contributed by atoms with E-state index in [1.54, 1.807) is 11.3 Å². The topological polar surface area (TPSA) is 32.3 Å². The number of aryl methyl sites for hydroxylation is 1. The van der Waals surface area contributed by atoms with Gasteiger partial charge < -0.3 is 10.4 Å². The summed E-state index contributed by atoms with van der Waals surface area (Å²) in [7, 11) is 0. The van der Waals surface area contributed by atoms with Gasteiger partial charge in [-0.1, -0.05) is 11.6 Å². The van der Waals surface area contributed by atoms with Crippen molar-refractivity contribution in [2.45, 2.75) is 44.6 Å². The number of rotatable bonds is 6. The maximum atomic E-state index is 8.71. The van der Waals surface area contributed by atoms with Gasteiger partial charge in [-0.2, -0.15) is 0 Å². The summed E-state index contributed by atoms with van der Waals surface area (Å²) in [4.78, 5) is 1.47. The summed E-state index contributed by atoms with van der Waals surface area (Å²) in [5.41, 5.74) is 1.42. The van der Waals surface area contributed by atoms with Crippen LogP contribution in [0.2, 0.25) is 4.34 Å². The van der Waals surface area contributed by atoms with E-state index in [4.69, 9.17) is 16.7 Å². The van der Waals surface area contributed by atoms with Crippen LogP contribution in [0.5, 0.6) is 0 Å². The third-order valence-corrected chi connectivity index (χ3v) is 4.65. The molecule has 0 aliphatic heterocycles. The van der Waals surface area contributed by atoms with Gasteiger partial charge >= 0.3 is 0 Å². The fourth-order valence-corrected chi connectivity index (χ4v) is 3.81. The van der Waals surface area contributed by atoms with Gasteiger partial charge in [0.2, 0.25) is 0 Å². The van der Waals surface area contributed by atoms with E-state index in [2.05, 4.69) is 11.4 Å². The zero-order valence-corrected chi connectivity index (χ0v) is 11.6. The van der Waals surface area contributed by atoms with Crippen LogP contribution in [0.1, 0.15) is 48.6 Å². The summed E-state index contributed by atoms with van der Waals surface area (Å²) in [6.07, 6.45) is 6.84. The second-order valence-electron chi connectivity index (χ2n) is 4.61. The van der Waals surface area contributed by atoms with Crippen molar-refractivity contribution in [2.75, 3.05) is 13.2 Å². The molecule has 1 aliphatic carbocycles. The molecule has 17 heavy (non-hydrogen) atoms. The highest BCUT2D eigenvalue weighted by Gasteiger charge is 2.21. The van der Waals surface area contributed by atoms with Crippen molar-refractivity contribution in [3.63, 3.8) is 0 Å². The molecule has 0 fully saturated rings. The molecule has 2 rings (SSSR count). The van der Waals surface area contributed by atoms with Gasteiger partial charge in [0.15, 0.2) is 0 Å². The summed E-state index contributed by atoms with van der Waals surface area (Å²) in [5, 5.41) is 12.3. The fraction of sp³-hybridized carbons (Fsp3) is 0.692. The van der Waals surface area contributed by atoms with Crippen LogP contribution < -0.4 is 5.32 Å². The number of fused-ring (bicyclic) bond motifs is 1. The summed E-state index contributed by atoms with van der Waals surface area (Å²) in [6.45, 7) is 1.35. The zero-order valence-electron chi connectivity index (χ0n) is 10.0. The number of aliphatic hydroxyl groups excluding tert-OH is 1. The molecule has 2 nitrogen and oxygen atoms in total. The number of nitrogens with one attached hydrogen (secondary N) is 1. The van der Waals surface area contributed by atoms with E-state index in [0.29, 0.717) is 12.6 Å². The van der Waals surface area contributed by atoms with Crippen LogP contribution in [0.4, 0.5) is 0 Å². The predicted octanol–water partition coefficient (Wildman–Crippen LogP) is 3.53. The highest BCUT2D eigenvalue weighted by Crippen LogP contribution is 2.37. The lowest BCUT2D eigenvalue weighted by molar-refractivity contribution is 0.282. The van der Waals surface area contributed by atoms with Crippen LogP contribution in [0.15, 0.2) is 6.07 Å². The van der Waals surface area contributed by atoms with Gasteiger partial charge in [-0.3, -0.25) is 0 Å². The molecule has 0 amide bonds. The predicted molar refractivity (Wildman–Crippen MR) is 73.9 cm³/mol. The largest absolute Gasteiger partial charge is 0.396 e. The number of hydrogen-bond donors (Lipinski definition) is 2. The first-order chi connectivity index (χ1) is 8.31. The molecule has 0 saturated heterocycles. The molecule has 1 unspecified atom stereocenters. The third-order valence-electron chi connectivity index (χ3n) is 3.31. The highest BCUT2D eigenvalue weighted by atomic mass is 35.5. The van der Waals surface area contributed by atoms with Crippen LogP contribution in [0.25, 0.3) is 0 Å². The van der Waals surface area contributed by atoms with E-state index in [-0.39, 0.29) is 0 Å². The molecule has 0 radical (unpaired) electrons. The third kappa shape index (κ3) is 3.68. The lowest BCUT2D eigenvalue weighted by atomic mass is 9.94. The van der Waals surface area contributed by atoms with Crippen molar-refractivity contribution in [1.82, 2.24) is 5.32 Å². The smallest absolute Gasteiger partial charge is 0.0934 e. The monoisotopic (exact) mass is 273 g/mol. The molecule has 4 heteroatoms. The molecule has 2 N–H and O–H groups in total. The Morgan fingerprint density at radius 2 is 2.29 bits per heavy atom. The van der Waals surface area contributed by atoms with Gasteiger partial charge in [0.25, 0.3) is 0 Å². The number of halogens is 1. The average molecular weight is 274 g/mol. The molecular formula is C13H20ClNOS. The van der Waals surface area contributed by atoms with Crippen molar-refractivity contribution in [3.05, 3.63) is 20.8 Å². The number of hydrogen-bond acceptors (Lipinski definition) is 3. The Morgan fingerprint density at radius 3 is 3.12 bits per heavy atom. The highest BCUT2D eigenvalue weighted by molar-refractivity contribution is 7.16. The second-order valence-corrected chi connectivity index (χ2v) is 6.38. The van der Waals surface area contributed by atoms with Gasteiger partial charge in [-0.05, 0) is 56.7 Å². The van der Waals surface area contributed by atoms with E-state index in [0.717, 1.165) is 30.1 Å². The first-order valence-corrected chi connectivity index (χ1v) is 7.63. The molecule has 1 aliphatic rings. The number of thiophene rings is 1.